The van der Waals surface area contributed by atoms with E-state index < -0.39 is 0 Å². The number of aliphatic hydroxyl groups is 1. The third-order valence-corrected chi connectivity index (χ3v) is 11.7. The average Bonchev–Trinajstić information content (AvgIpc) is 3.21. The van der Waals surface area contributed by atoms with Crippen molar-refractivity contribution in [3.05, 3.63) is 34.9 Å². The zero-order chi connectivity index (χ0) is 25.5. The number of benzene rings is 1. The second-order valence-corrected chi connectivity index (χ2v) is 13.6. The predicted molar refractivity (Wildman–Crippen MR) is 147 cm³/mol. The summed E-state index contributed by atoms with van der Waals surface area (Å²) >= 11 is 5.92. The number of hydrazone groups is 1. The second-order valence-electron chi connectivity index (χ2n) is 13.2. The molecule has 4 saturated carbocycles. The maximum Gasteiger partial charge on any atom is 0.240 e. The molecule has 5 rings (SSSR count). The van der Waals surface area contributed by atoms with Crippen LogP contribution in [0.1, 0.15) is 97.0 Å². The minimum atomic E-state index is -0.0643. The summed E-state index contributed by atoms with van der Waals surface area (Å²) in [5.41, 5.74) is 4.49. The lowest BCUT2D eigenvalue weighted by molar-refractivity contribution is -0.129. The van der Waals surface area contributed by atoms with Crippen molar-refractivity contribution in [1.82, 2.24) is 5.43 Å². The third-order valence-electron chi connectivity index (χ3n) is 11.5. The van der Waals surface area contributed by atoms with E-state index in [2.05, 4.69) is 31.3 Å². The Bertz CT molecular complexity index is 964. The smallest absolute Gasteiger partial charge is 0.240 e. The molecule has 0 heterocycles. The zero-order valence-electron chi connectivity index (χ0n) is 22.4. The normalized spacial score (nSPS) is 40.8. The lowest BCUT2D eigenvalue weighted by atomic mass is 9.44. The van der Waals surface area contributed by atoms with E-state index in [-0.39, 0.29) is 12.0 Å². The van der Waals surface area contributed by atoms with Gasteiger partial charge < -0.3 is 5.11 Å². The van der Waals surface area contributed by atoms with Crippen LogP contribution in [0.2, 0.25) is 5.02 Å². The number of amides is 1. The van der Waals surface area contributed by atoms with Crippen LogP contribution in [0.3, 0.4) is 0 Å². The van der Waals surface area contributed by atoms with E-state index in [1.54, 1.807) is 6.21 Å². The number of aliphatic hydroxyl groups excluding tert-OH is 1. The van der Waals surface area contributed by atoms with E-state index in [0.717, 1.165) is 48.5 Å². The Labute approximate surface area is 222 Å². The van der Waals surface area contributed by atoms with Gasteiger partial charge in [0.1, 0.15) is 0 Å². The Hall–Kier alpha value is -1.39. The fourth-order valence-corrected chi connectivity index (χ4v) is 9.68. The van der Waals surface area contributed by atoms with Crippen molar-refractivity contribution >= 4 is 23.7 Å². The van der Waals surface area contributed by atoms with Gasteiger partial charge in [-0.15, -0.1) is 0 Å². The van der Waals surface area contributed by atoms with E-state index in [1.165, 1.54) is 44.9 Å². The first-order valence-corrected chi connectivity index (χ1v) is 14.8. The Morgan fingerprint density at radius 3 is 2.58 bits per heavy atom. The molecule has 0 spiro atoms. The van der Waals surface area contributed by atoms with Crippen LogP contribution in [0.15, 0.2) is 29.4 Å². The quantitative estimate of drug-likeness (QED) is 0.312. The summed E-state index contributed by atoms with van der Waals surface area (Å²) in [7, 11) is 0. The number of rotatable bonds is 6. The molecule has 0 bridgehead atoms. The van der Waals surface area contributed by atoms with E-state index in [4.69, 9.17) is 11.6 Å². The molecule has 4 nitrogen and oxygen atoms in total. The molecule has 0 aromatic heterocycles. The lowest BCUT2D eigenvalue weighted by Gasteiger charge is -2.61. The van der Waals surface area contributed by atoms with Crippen molar-refractivity contribution < 1.29 is 9.90 Å². The standard InChI is InChI=1S/C31H45ClN2O2/c1-20(4-13-29(36)34-33-19-21-5-8-23(32)9-6-21)26-11-12-27-25-10-7-22-18-24(35)14-16-30(22,2)28(25)15-17-31(26,27)3/h5-6,8-9,19-20,22,24-28,35H,4,7,10-18H2,1-3H3,(H,34,36)/b33-19+/t20-,22+,24-,25+,26-,27+,28+,30+,31-/m1/s1. The van der Waals surface area contributed by atoms with E-state index in [1.807, 2.05) is 24.3 Å². The molecule has 4 aliphatic carbocycles. The van der Waals surface area contributed by atoms with Crippen LogP contribution in [-0.4, -0.2) is 23.3 Å². The fourth-order valence-electron chi connectivity index (χ4n) is 9.55. The number of halogens is 1. The van der Waals surface area contributed by atoms with Gasteiger partial charge in [-0.2, -0.15) is 5.10 Å². The van der Waals surface area contributed by atoms with Crippen molar-refractivity contribution in [3.8, 4) is 0 Å². The van der Waals surface area contributed by atoms with Gasteiger partial charge in [0.2, 0.25) is 5.91 Å². The topological polar surface area (TPSA) is 61.7 Å². The first-order chi connectivity index (χ1) is 17.2. The van der Waals surface area contributed by atoms with Crippen molar-refractivity contribution in [2.45, 2.75) is 97.5 Å². The van der Waals surface area contributed by atoms with Gasteiger partial charge in [-0.3, -0.25) is 4.79 Å². The first kappa shape index (κ1) is 26.2. The summed E-state index contributed by atoms with van der Waals surface area (Å²) in [6.45, 7) is 7.55. The Morgan fingerprint density at radius 2 is 1.81 bits per heavy atom. The van der Waals surface area contributed by atoms with Crippen molar-refractivity contribution in [1.29, 1.82) is 0 Å². The summed E-state index contributed by atoms with van der Waals surface area (Å²) in [6, 6.07) is 7.41. The number of hydrogen-bond acceptors (Lipinski definition) is 3. The van der Waals surface area contributed by atoms with Crippen LogP contribution in [0.4, 0.5) is 0 Å². The highest BCUT2D eigenvalue weighted by Crippen LogP contribution is 2.68. The van der Waals surface area contributed by atoms with Gasteiger partial charge in [0.25, 0.3) is 0 Å². The van der Waals surface area contributed by atoms with Gasteiger partial charge in [0, 0.05) is 11.4 Å². The number of carbonyl (C=O) groups is 1. The van der Waals surface area contributed by atoms with Crippen LogP contribution in [0.25, 0.3) is 0 Å². The van der Waals surface area contributed by atoms with Crippen LogP contribution < -0.4 is 5.43 Å². The number of nitrogens with one attached hydrogen (secondary N) is 1. The summed E-state index contributed by atoms with van der Waals surface area (Å²) in [5, 5.41) is 15.1. The minimum Gasteiger partial charge on any atom is -0.393 e. The summed E-state index contributed by atoms with van der Waals surface area (Å²) in [6.07, 6.45) is 14.4. The molecule has 198 valence electrons. The summed E-state index contributed by atoms with van der Waals surface area (Å²) in [4.78, 5) is 12.5. The highest BCUT2D eigenvalue weighted by Gasteiger charge is 2.60. The zero-order valence-corrected chi connectivity index (χ0v) is 23.1. The van der Waals surface area contributed by atoms with Gasteiger partial charge in [-0.1, -0.05) is 44.5 Å². The first-order valence-electron chi connectivity index (χ1n) is 14.5. The highest BCUT2D eigenvalue weighted by molar-refractivity contribution is 6.30. The monoisotopic (exact) mass is 512 g/mol. The largest absolute Gasteiger partial charge is 0.393 e. The molecule has 1 aromatic rings. The lowest BCUT2D eigenvalue weighted by Crippen LogP contribution is -2.54. The molecule has 4 aliphatic rings. The Kier molecular flexibility index (Phi) is 7.58. The number of fused-ring (bicyclic) bond motifs is 5. The number of carbonyl (C=O) groups excluding carboxylic acids is 1. The van der Waals surface area contributed by atoms with Gasteiger partial charge in [0.05, 0.1) is 12.3 Å². The maximum atomic E-state index is 12.5. The van der Waals surface area contributed by atoms with Crippen LogP contribution >= 0.6 is 11.6 Å². The number of hydrogen-bond donors (Lipinski definition) is 2. The van der Waals surface area contributed by atoms with Gasteiger partial charge in [-0.25, -0.2) is 5.43 Å². The summed E-state index contributed by atoms with van der Waals surface area (Å²) < 4.78 is 0. The molecule has 0 saturated heterocycles. The number of nitrogens with zero attached hydrogens (tertiary/aromatic N) is 1. The molecular weight excluding hydrogens is 468 g/mol. The van der Waals surface area contributed by atoms with E-state index in [0.29, 0.717) is 34.1 Å². The molecular formula is C31H45ClN2O2. The van der Waals surface area contributed by atoms with Crippen molar-refractivity contribution in [2.24, 2.45) is 51.4 Å². The van der Waals surface area contributed by atoms with Crippen LogP contribution in [-0.2, 0) is 4.79 Å². The minimum absolute atomic E-state index is 0.00112. The molecule has 2 N–H and O–H groups in total. The van der Waals surface area contributed by atoms with Gasteiger partial charge in [0.15, 0.2) is 0 Å². The van der Waals surface area contributed by atoms with Gasteiger partial charge in [-0.05, 0) is 128 Å². The van der Waals surface area contributed by atoms with E-state index in [9.17, 15) is 9.90 Å². The second kappa shape index (κ2) is 10.4. The Morgan fingerprint density at radius 1 is 1.08 bits per heavy atom. The third kappa shape index (κ3) is 4.89. The fraction of sp³-hybridized carbons (Fsp3) is 0.742. The van der Waals surface area contributed by atoms with Crippen LogP contribution in [0.5, 0.6) is 0 Å². The molecule has 36 heavy (non-hydrogen) atoms. The molecule has 9 atom stereocenters. The van der Waals surface area contributed by atoms with E-state index >= 15 is 0 Å². The molecule has 1 aromatic carbocycles. The highest BCUT2D eigenvalue weighted by atomic mass is 35.5. The average molecular weight is 513 g/mol. The molecule has 0 radical (unpaired) electrons. The van der Waals surface area contributed by atoms with Crippen LogP contribution in [0, 0.1) is 46.3 Å². The molecule has 0 unspecified atom stereocenters. The predicted octanol–water partition coefficient (Wildman–Crippen LogP) is 7.23. The molecule has 1 amide bonds. The Balaban J connectivity index is 1.16. The van der Waals surface area contributed by atoms with Crippen molar-refractivity contribution in [3.63, 3.8) is 0 Å². The molecule has 5 heteroatoms. The maximum absolute atomic E-state index is 12.5. The van der Waals surface area contributed by atoms with Crippen molar-refractivity contribution in [2.75, 3.05) is 0 Å². The SMILES string of the molecule is C[C@H](CCC(=O)N/N=C/c1ccc(Cl)cc1)[C@H]1CC[C@H]2[C@@H]3CC[C@H]4C[C@H](O)CC[C@]4(C)[C@H]3CC[C@]12C. The van der Waals surface area contributed by atoms with Gasteiger partial charge >= 0.3 is 0 Å². The molecule has 4 fully saturated rings. The molecule has 0 aliphatic heterocycles. The summed E-state index contributed by atoms with van der Waals surface area (Å²) in [5.74, 6) is 4.55.